The molecule has 3 nitrogen and oxygen atoms in total. The minimum atomic E-state index is -0.247. The maximum absolute atomic E-state index is 9.87. The third kappa shape index (κ3) is 5.11. The molecular weight excluding hydrogens is 92.8 g/mol. The molecular formula is C3H3BNO2. The summed E-state index contributed by atoms with van der Waals surface area (Å²) in [6, 6.07) is 0. The molecule has 0 fully saturated rings. The Labute approximate surface area is 41.7 Å². The molecule has 0 heterocycles. The molecule has 0 aromatic carbocycles. The second-order valence-electron chi connectivity index (χ2n) is 0.960. The third-order valence-corrected chi connectivity index (χ3v) is 0.299. The van der Waals surface area contributed by atoms with Gasteiger partial charge in [-0.3, -0.25) is 4.90 Å². The SMILES string of the molecule is CC(=O)[B]N=C=O. The molecule has 0 aliphatic rings. The fourth-order valence-electron chi connectivity index (χ4n) is 0.117. The summed E-state index contributed by atoms with van der Waals surface area (Å²) in [4.78, 5) is 22.0. The molecule has 35 valence electrons. The molecule has 0 aromatic heterocycles. The molecule has 4 heteroatoms. The Kier molecular flexibility index (Phi) is 2.89. The molecule has 7 heavy (non-hydrogen) atoms. The largest absolute Gasteiger partial charge is 0.375 e. The number of isocyanates is 1. The first-order chi connectivity index (χ1) is 3.27. The summed E-state index contributed by atoms with van der Waals surface area (Å²) >= 11 is 0. The normalized spacial score (nSPS) is 6.43. The lowest BCUT2D eigenvalue weighted by Crippen LogP contribution is -1.98. The van der Waals surface area contributed by atoms with E-state index in [0.29, 0.717) is 0 Å². The lowest BCUT2D eigenvalue weighted by atomic mass is 9.91. The zero-order valence-electron chi connectivity index (χ0n) is 3.84. The van der Waals surface area contributed by atoms with Gasteiger partial charge in [0, 0.05) is 0 Å². The zero-order valence-corrected chi connectivity index (χ0v) is 3.84. The van der Waals surface area contributed by atoms with Crippen molar-refractivity contribution in [1.29, 1.82) is 0 Å². The van der Waals surface area contributed by atoms with E-state index in [1.807, 2.05) is 0 Å². The smallest absolute Gasteiger partial charge is 0.309 e. The van der Waals surface area contributed by atoms with E-state index in [-0.39, 0.29) is 5.68 Å². The van der Waals surface area contributed by atoms with Crippen LogP contribution in [0.15, 0.2) is 4.90 Å². The lowest BCUT2D eigenvalue weighted by Gasteiger charge is -1.69. The maximum atomic E-state index is 9.87. The van der Waals surface area contributed by atoms with Crippen molar-refractivity contribution >= 4 is 19.2 Å². The van der Waals surface area contributed by atoms with Crippen molar-refractivity contribution in [3.63, 3.8) is 0 Å². The molecule has 0 aromatic rings. The molecule has 1 radical (unpaired) electrons. The van der Waals surface area contributed by atoms with E-state index < -0.39 is 0 Å². The second kappa shape index (κ2) is 3.31. The van der Waals surface area contributed by atoms with E-state index in [4.69, 9.17) is 0 Å². The van der Waals surface area contributed by atoms with E-state index in [9.17, 15) is 9.59 Å². The topological polar surface area (TPSA) is 46.5 Å². The van der Waals surface area contributed by atoms with E-state index in [2.05, 4.69) is 4.90 Å². The molecule has 0 saturated heterocycles. The third-order valence-electron chi connectivity index (χ3n) is 0.299. The van der Waals surface area contributed by atoms with Gasteiger partial charge in [-0.25, -0.2) is 4.79 Å². The summed E-state index contributed by atoms with van der Waals surface area (Å²) in [5, 5.41) is 0. The van der Waals surface area contributed by atoms with Crippen LogP contribution < -0.4 is 0 Å². The molecule has 0 spiro atoms. The summed E-state index contributed by atoms with van der Waals surface area (Å²) < 4.78 is 0. The standard InChI is InChI=1S/C3H3BNO2/c1-3(7)4-5-2-6/h1H3. The number of carbonyl (C=O) groups excluding carboxylic acids is 2. The number of carbonyl (C=O) groups is 1. The molecule has 0 atom stereocenters. The van der Waals surface area contributed by atoms with Gasteiger partial charge < -0.3 is 4.79 Å². The van der Waals surface area contributed by atoms with Gasteiger partial charge in [0.15, 0.2) is 0 Å². The van der Waals surface area contributed by atoms with Crippen LogP contribution in [0.5, 0.6) is 0 Å². The highest BCUT2D eigenvalue weighted by molar-refractivity contribution is 6.72. The van der Waals surface area contributed by atoms with Gasteiger partial charge in [-0.15, -0.1) is 0 Å². The molecule has 0 rings (SSSR count). The Morgan fingerprint density at radius 2 is 2.43 bits per heavy atom. The van der Waals surface area contributed by atoms with Gasteiger partial charge in [0.1, 0.15) is 5.68 Å². The van der Waals surface area contributed by atoms with E-state index in [1.54, 1.807) is 0 Å². The maximum Gasteiger partial charge on any atom is 0.375 e. The molecule has 0 unspecified atom stereocenters. The minimum absolute atomic E-state index is 0.247. The molecule has 0 amide bonds. The quantitative estimate of drug-likeness (QED) is 0.264. The van der Waals surface area contributed by atoms with Crippen LogP contribution in [0.4, 0.5) is 0 Å². The zero-order chi connectivity index (χ0) is 5.70. The fraction of sp³-hybridized carbons (Fsp3) is 0.333. The highest BCUT2D eigenvalue weighted by Crippen LogP contribution is 1.61. The summed E-state index contributed by atoms with van der Waals surface area (Å²) in [5.74, 6) is 0. The second-order valence-corrected chi connectivity index (χ2v) is 0.960. The number of nitrogens with zero attached hydrogens (tertiary/aromatic N) is 1. The van der Waals surface area contributed by atoms with E-state index in [0.717, 1.165) is 7.41 Å². The number of hydrogen-bond donors (Lipinski definition) is 0. The molecule has 0 saturated carbocycles. The van der Waals surface area contributed by atoms with Crippen molar-refractivity contribution in [1.82, 2.24) is 0 Å². The van der Waals surface area contributed by atoms with Crippen LogP contribution in [0.3, 0.4) is 0 Å². The average Bonchev–Trinajstić information content (AvgIpc) is 1.61. The van der Waals surface area contributed by atoms with Crippen molar-refractivity contribution < 1.29 is 9.59 Å². The van der Waals surface area contributed by atoms with Gasteiger partial charge in [-0.2, -0.15) is 0 Å². The van der Waals surface area contributed by atoms with Gasteiger partial charge in [-0.1, -0.05) is 0 Å². The Balaban J connectivity index is 3.32. The molecule has 0 aliphatic carbocycles. The lowest BCUT2D eigenvalue weighted by molar-refractivity contribution is -0.110. The van der Waals surface area contributed by atoms with Crippen LogP contribution in [0.1, 0.15) is 6.92 Å². The van der Waals surface area contributed by atoms with E-state index >= 15 is 0 Å². The van der Waals surface area contributed by atoms with Crippen molar-refractivity contribution in [2.75, 3.05) is 0 Å². The van der Waals surface area contributed by atoms with Crippen molar-refractivity contribution in [3.05, 3.63) is 0 Å². The summed E-state index contributed by atoms with van der Waals surface area (Å²) in [5.41, 5.74) is -0.247. The summed E-state index contributed by atoms with van der Waals surface area (Å²) in [6.07, 6.45) is 1.20. The summed E-state index contributed by atoms with van der Waals surface area (Å²) in [7, 11) is 0.910. The van der Waals surface area contributed by atoms with Crippen LogP contribution in [0.2, 0.25) is 0 Å². The predicted molar refractivity (Wildman–Crippen MR) is 24.6 cm³/mol. The van der Waals surface area contributed by atoms with Gasteiger partial charge in [0.2, 0.25) is 6.08 Å². The van der Waals surface area contributed by atoms with Gasteiger partial charge in [0.05, 0.1) is 0 Å². The number of rotatable bonds is 2. The minimum Gasteiger partial charge on any atom is -0.309 e. The molecule has 0 aliphatic heterocycles. The number of hydrogen-bond acceptors (Lipinski definition) is 3. The van der Waals surface area contributed by atoms with Gasteiger partial charge in [0.25, 0.3) is 0 Å². The van der Waals surface area contributed by atoms with Crippen LogP contribution in [0.25, 0.3) is 0 Å². The van der Waals surface area contributed by atoms with E-state index in [1.165, 1.54) is 13.0 Å². The van der Waals surface area contributed by atoms with Crippen molar-refractivity contribution in [2.45, 2.75) is 6.92 Å². The predicted octanol–water partition coefficient (Wildman–Crippen LogP) is -0.512. The first-order valence-corrected chi connectivity index (χ1v) is 1.68. The van der Waals surface area contributed by atoms with Crippen molar-refractivity contribution in [3.8, 4) is 0 Å². The first kappa shape index (κ1) is 6.11. The Morgan fingerprint density at radius 1 is 1.86 bits per heavy atom. The molecule has 0 bridgehead atoms. The Bertz CT molecular complexity index is 116. The van der Waals surface area contributed by atoms with Crippen LogP contribution in [-0.4, -0.2) is 19.2 Å². The van der Waals surface area contributed by atoms with Gasteiger partial charge >= 0.3 is 7.41 Å². The Hall–Kier alpha value is -0.885. The highest BCUT2D eigenvalue weighted by atomic mass is 16.1. The average molecular weight is 95.9 g/mol. The summed E-state index contributed by atoms with van der Waals surface area (Å²) in [6.45, 7) is 1.31. The fourth-order valence-corrected chi connectivity index (χ4v) is 0.117. The highest BCUT2D eigenvalue weighted by Gasteiger charge is 1.90. The van der Waals surface area contributed by atoms with Crippen LogP contribution in [-0.2, 0) is 9.59 Å². The first-order valence-electron chi connectivity index (χ1n) is 1.68. The Morgan fingerprint density at radius 3 is 2.57 bits per heavy atom. The molecule has 0 N–H and O–H groups in total. The monoisotopic (exact) mass is 96.0 g/mol. The van der Waals surface area contributed by atoms with Crippen LogP contribution in [0, 0.1) is 0 Å². The van der Waals surface area contributed by atoms with Gasteiger partial charge in [-0.05, 0) is 6.92 Å². The van der Waals surface area contributed by atoms with Crippen molar-refractivity contribution in [2.24, 2.45) is 4.90 Å². The van der Waals surface area contributed by atoms with Crippen LogP contribution >= 0.6 is 0 Å².